The van der Waals surface area contributed by atoms with Crippen molar-refractivity contribution in [1.29, 1.82) is 0 Å². The summed E-state index contributed by atoms with van der Waals surface area (Å²) in [5.74, 6) is 0.0104. The van der Waals surface area contributed by atoms with Crippen LogP contribution in [0.25, 0.3) is 12.2 Å². The van der Waals surface area contributed by atoms with Gasteiger partial charge in [-0.2, -0.15) is 0 Å². The largest absolute Gasteiger partial charge is 0.505 e. The Morgan fingerprint density at radius 2 is 2.12 bits per heavy atom. The lowest BCUT2D eigenvalue weighted by molar-refractivity contribution is 0.160. The molecule has 0 aromatic carbocycles. The number of thioether (sulfide) groups is 1. The number of aliphatic hydroxyl groups is 2. The molecule has 0 aliphatic heterocycles. The normalized spacial score (nSPS) is 15.5. The van der Waals surface area contributed by atoms with Crippen LogP contribution in [0.3, 0.4) is 0 Å². The second-order valence-corrected chi connectivity index (χ2v) is 4.29. The van der Waals surface area contributed by atoms with E-state index >= 15 is 0 Å². The van der Waals surface area contributed by atoms with E-state index < -0.39 is 5.44 Å². The smallest absolute Gasteiger partial charge is 0.148 e. The molecule has 16 heavy (non-hydrogen) atoms. The van der Waals surface area contributed by atoms with Crippen LogP contribution in [0.1, 0.15) is 13.8 Å². The Hall–Kier alpha value is -1.04. The maximum absolute atomic E-state index is 9.68. The molecule has 0 aliphatic rings. The van der Waals surface area contributed by atoms with E-state index in [0.717, 1.165) is 22.3 Å². The minimum atomic E-state index is -0.947. The summed E-state index contributed by atoms with van der Waals surface area (Å²) in [6, 6.07) is 0. The van der Waals surface area contributed by atoms with Crippen molar-refractivity contribution in [3.05, 3.63) is 16.8 Å². The van der Waals surface area contributed by atoms with Crippen molar-refractivity contribution >= 4 is 23.9 Å². The molecule has 1 aromatic rings. The molecule has 0 amide bonds. The summed E-state index contributed by atoms with van der Waals surface area (Å²) < 4.78 is 0. The van der Waals surface area contributed by atoms with Gasteiger partial charge >= 0.3 is 0 Å². The molecule has 1 heterocycles. The molecular formula is C11H15NO3S. The van der Waals surface area contributed by atoms with E-state index in [9.17, 15) is 10.2 Å². The third kappa shape index (κ3) is 2.75. The Morgan fingerprint density at radius 1 is 1.44 bits per heavy atom. The minimum Gasteiger partial charge on any atom is -0.505 e. The lowest BCUT2D eigenvalue weighted by Crippen LogP contribution is -2.30. The molecule has 1 rings (SSSR count). The van der Waals surface area contributed by atoms with Crippen LogP contribution in [0, 0.1) is 0 Å². The van der Waals surface area contributed by atoms with Crippen molar-refractivity contribution in [3.8, 4) is 5.75 Å². The number of pyridine rings is 1. The van der Waals surface area contributed by atoms with Gasteiger partial charge in [-0.3, -0.25) is 4.98 Å². The molecule has 0 spiro atoms. The maximum atomic E-state index is 9.68. The fraction of sp³-hybridized carbons (Fsp3) is 0.364. The molecule has 0 saturated carbocycles. The molecular weight excluding hydrogens is 226 g/mol. The molecule has 0 bridgehead atoms. The molecule has 0 saturated heterocycles. The average Bonchev–Trinajstić information content (AvgIpc) is 2.31. The van der Waals surface area contributed by atoms with Crippen LogP contribution in [-0.2, 0) is 0 Å². The van der Waals surface area contributed by atoms with Crippen LogP contribution in [0.5, 0.6) is 5.75 Å². The number of aliphatic hydroxyl groups excluding tert-OH is 2. The van der Waals surface area contributed by atoms with Gasteiger partial charge in [0.2, 0.25) is 0 Å². The lowest BCUT2D eigenvalue weighted by atomic mass is 10.3. The molecule has 1 aromatic heterocycles. The van der Waals surface area contributed by atoms with E-state index in [2.05, 4.69) is 4.98 Å². The van der Waals surface area contributed by atoms with Gasteiger partial charge in [-0.1, -0.05) is 23.9 Å². The fourth-order valence-corrected chi connectivity index (χ4v) is 2.19. The summed E-state index contributed by atoms with van der Waals surface area (Å²) in [6.07, 6.45) is 4.98. The number of aromatic hydroxyl groups is 1. The summed E-state index contributed by atoms with van der Waals surface area (Å²) in [7, 11) is 0. The third-order valence-electron chi connectivity index (χ3n) is 2.05. The Morgan fingerprint density at radius 3 is 2.62 bits per heavy atom. The first-order valence-corrected chi connectivity index (χ1v) is 5.78. The van der Waals surface area contributed by atoms with E-state index in [4.69, 9.17) is 5.11 Å². The number of hydrogen-bond donors (Lipinski definition) is 3. The number of hydrogen-bond acceptors (Lipinski definition) is 5. The quantitative estimate of drug-likeness (QED) is 0.504. The zero-order chi connectivity index (χ0) is 12.1. The zero-order valence-corrected chi connectivity index (χ0v) is 10.0. The second-order valence-electron chi connectivity index (χ2n) is 3.10. The summed E-state index contributed by atoms with van der Waals surface area (Å²) in [5, 5.41) is 29.4. The molecule has 0 fully saturated rings. The highest BCUT2D eigenvalue weighted by Crippen LogP contribution is 2.25. The van der Waals surface area contributed by atoms with Gasteiger partial charge in [0.15, 0.2) is 0 Å². The highest BCUT2D eigenvalue weighted by molar-refractivity contribution is 7.99. The first kappa shape index (κ1) is 13.0. The van der Waals surface area contributed by atoms with Gasteiger partial charge < -0.3 is 15.3 Å². The van der Waals surface area contributed by atoms with Gasteiger partial charge in [-0.15, -0.1) is 0 Å². The molecule has 3 N–H and O–H groups in total. The molecule has 1 atom stereocenters. The molecule has 0 aliphatic carbocycles. The standard InChI is InChI=1S/C11H15NO3S/c1-3-7-8(4-2)12-5-9(14)11(7)16-10(15)6-13/h3-5,10,13-15H,6H2,1-2H3/b7-3+,8-4+. The fourth-order valence-electron chi connectivity index (χ4n) is 1.32. The molecule has 88 valence electrons. The summed E-state index contributed by atoms with van der Waals surface area (Å²) in [4.78, 5) is 4.60. The molecule has 1 unspecified atom stereocenters. The lowest BCUT2D eigenvalue weighted by Gasteiger charge is -2.09. The van der Waals surface area contributed by atoms with Gasteiger partial charge in [0.05, 0.1) is 23.0 Å². The van der Waals surface area contributed by atoms with Gasteiger partial charge in [-0.25, -0.2) is 0 Å². The van der Waals surface area contributed by atoms with Crippen molar-refractivity contribution in [2.45, 2.75) is 24.2 Å². The van der Waals surface area contributed by atoms with Gasteiger partial charge in [0.1, 0.15) is 11.2 Å². The number of aromatic nitrogens is 1. The third-order valence-corrected chi connectivity index (χ3v) is 3.14. The maximum Gasteiger partial charge on any atom is 0.148 e. The van der Waals surface area contributed by atoms with Crippen molar-refractivity contribution in [2.75, 3.05) is 6.61 Å². The average molecular weight is 241 g/mol. The predicted molar refractivity (Wildman–Crippen MR) is 64.4 cm³/mol. The van der Waals surface area contributed by atoms with Crippen LogP contribution in [-0.4, -0.2) is 32.3 Å². The molecule has 0 radical (unpaired) electrons. The highest BCUT2D eigenvalue weighted by atomic mass is 32.2. The van der Waals surface area contributed by atoms with Crippen molar-refractivity contribution < 1.29 is 15.3 Å². The number of rotatable bonds is 3. The molecule has 5 heteroatoms. The highest BCUT2D eigenvalue weighted by Gasteiger charge is 2.11. The number of nitrogens with zero attached hydrogens (tertiary/aromatic N) is 1. The SMILES string of the molecule is C/C=c1/ncc(O)c(SC(O)CO)/c1=C/C. The van der Waals surface area contributed by atoms with E-state index in [1.54, 1.807) is 0 Å². The van der Waals surface area contributed by atoms with Gasteiger partial charge in [0, 0.05) is 5.22 Å². The summed E-state index contributed by atoms with van der Waals surface area (Å²) in [5.41, 5.74) is -0.947. The van der Waals surface area contributed by atoms with Crippen LogP contribution in [0.2, 0.25) is 0 Å². The van der Waals surface area contributed by atoms with E-state index in [1.807, 2.05) is 26.0 Å². The first-order valence-electron chi connectivity index (χ1n) is 4.90. The topological polar surface area (TPSA) is 73.6 Å². The van der Waals surface area contributed by atoms with E-state index in [-0.39, 0.29) is 12.4 Å². The monoisotopic (exact) mass is 241 g/mol. The van der Waals surface area contributed by atoms with E-state index in [0.29, 0.717) is 4.90 Å². The minimum absolute atomic E-state index is 0.0104. The summed E-state index contributed by atoms with van der Waals surface area (Å²) >= 11 is 1.02. The first-order chi connectivity index (χ1) is 7.63. The molecule has 4 nitrogen and oxygen atoms in total. The van der Waals surface area contributed by atoms with Crippen molar-refractivity contribution in [2.24, 2.45) is 0 Å². The predicted octanol–water partition coefficient (Wildman–Crippen LogP) is -0.209. The second kappa shape index (κ2) is 5.89. The Kier molecular flexibility index (Phi) is 4.79. The van der Waals surface area contributed by atoms with Crippen molar-refractivity contribution in [1.82, 2.24) is 4.98 Å². The Bertz CT molecular complexity index is 473. The van der Waals surface area contributed by atoms with Gasteiger partial charge in [-0.05, 0) is 13.8 Å². The van der Waals surface area contributed by atoms with Gasteiger partial charge in [0.25, 0.3) is 0 Å². The van der Waals surface area contributed by atoms with Crippen LogP contribution >= 0.6 is 11.8 Å². The Labute approximate surface area is 98.0 Å². The Balaban J connectivity index is 3.37. The summed E-state index contributed by atoms with van der Waals surface area (Å²) in [6.45, 7) is 3.32. The van der Waals surface area contributed by atoms with Crippen molar-refractivity contribution in [3.63, 3.8) is 0 Å². The van der Waals surface area contributed by atoms with Crippen LogP contribution in [0.4, 0.5) is 0 Å². The van der Waals surface area contributed by atoms with Crippen LogP contribution < -0.4 is 10.6 Å². The van der Waals surface area contributed by atoms with E-state index in [1.165, 1.54) is 6.20 Å². The zero-order valence-electron chi connectivity index (χ0n) is 9.21. The van der Waals surface area contributed by atoms with Crippen LogP contribution in [0.15, 0.2) is 11.1 Å².